The lowest BCUT2D eigenvalue weighted by Gasteiger charge is -2.12. The minimum Gasteiger partial charge on any atom is -0.299 e. The van der Waals surface area contributed by atoms with Gasteiger partial charge in [-0.05, 0) is 59.5 Å². The predicted molar refractivity (Wildman–Crippen MR) is 113 cm³/mol. The molecule has 1 aromatic heterocycles. The lowest BCUT2D eigenvalue weighted by atomic mass is 9.94. The Bertz CT molecular complexity index is 1140. The first-order valence-electron chi connectivity index (χ1n) is 9.66. The highest BCUT2D eigenvalue weighted by Gasteiger charge is 2.20. The molecule has 0 radical (unpaired) electrons. The molecule has 0 spiro atoms. The maximum absolute atomic E-state index is 13.3. The summed E-state index contributed by atoms with van der Waals surface area (Å²) in [6.07, 6.45) is 2.27. The Balaban J connectivity index is 1.43. The summed E-state index contributed by atoms with van der Waals surface area (Å²) in [7, 11) is 0. The van der Waals surface area contributed by atoms with Gasteiger partial charge in [-0.3, -0.25) is 14.8 Å². The largest absolute Gasteiger partial charge is 0.299 e. The number of aromatic nitrogens is 1. The molecule has 0 unspecified atom stereocenters. The number of pyridine rings is 1. The molecular formula is C24H19ClF2N2O. The van der Waals surface area contributed by atoms with Gasteiger partial charge in [-0.1, -0.05) is 24.6 Å². The van der Waals surface area contributed by atoms with Gasteiger partial charge in [0.2, 0.25) is 0 Å². The van der Waals surface area contributed by atoms with Gasteiger partial charge < -0.3 is 0 Å². The fraction of sp³-hybridized carbons (Fsp3) is 0.208. The molecule has 1 aliphatic heterocycles. The highest BCUT2D eigenvalue weighted by atomic mass is 35.5. The molecule has 0 aliphatic carbocycles. The van der Waals surface area contributed by atoms with Crippen LogP contribution in [0.4, 0.5) is 8.78 Å². The van der Waals surface area contributed by atoms with E-state index >= 15 is 0 Å². The molecular weight excluding hydrogens is 406 g/mol. The van der Waals surface area contributed by atoms with Crippen LogP contribution in [0.15, 0.2) is 59.7 Å². The lowest BCUT2D eigenvalue weighted by Crippen LogP contribution is -2.10. The van der Waals surface area contributed by atoms with E-state index in [0.717, 1.165) is 28.0 Å². The number of hydrogen-bond donors (Lipinski definition) is 0. The van der Waals surface area contributed by atoms with Gasteiger partial charge in [-0.25, -0.2) is 8.78 Å². The van der Waals surface area contributed by atoms with Crippen molar-refractivity contribution in [2.75, 3.05) is 0 Å². The minimum atomic E-state index is -0.469. The molecule has 0 amide bonds. The summed E-state index contributed by atoms with van der Waals surface area (Å²) in [5.41, 5.74) is 5.06. The molecule has 1 aliphatic rings. The number of rotatable bonds is 6. The summed E-state index contributed by atoms with van der Waals surface area (Å²) in [6.45, 7) is 2.43. The van der Waals surface area contributed by atoms with Crippen molar-refractivity contribution in [3.8, 4) is 0 Å². The van der Waals surface area contributed by atoms with E-state index in [1.807, 2.05) is 13.0 Å². The van der Waals surface area contributed by atoms with Gasteiger partial charge in [0.25, 0.3) is 0 Å². The number of fused-ring (bicyclic) bond motifs is 1. The van der Waals surface area contributed by atoms with E-state index in [2.05, 4.69) is 9.98 Å². The first-order valence-corrected chi connectivity index (χ1v) is 10.0. The van der Waals surface area contributed by atoms with Crippen molar-refractivity contribution in [3.05, 3.63) is 99.3 Å². The van der Waals surface area contributed by atoms with Crippen molar-refractivity contribution in [1.82, 2.24) is 4.98 Å². The Labute approximate surface area is 178 Å². The number of carbonyl (C=O) groups is 1. The monoisotopic (exact) mass is 424 g/mol. The van der Waals surface area contributed by atoms with Crippen LogP contribution in [0.25, 0.3) is 0 Å². The summed E-state index contributed by atoms with van der Waals surface area (Å²) in [5, 5.41) is 0.0593. The number of benzene rings is 2. The van der Waals surface area contributed by atoms with Crippen LogP contribution in [0.2, 0.25) is 5.02 Å². The van der Waals surface area contributed by atoms with Crippen molar-refractivity contribution in [2.45, 2.75) is 32.2 Å². The molecule has 4 rings (SSSR count). The van der Waals surface area contributed by atoms with Crippen LogP contribution in [-0.2, 0) is 17.8 Å². The summed E-state index contributed by atoms with van der Waals surface area (Å²) >= 11 is 5.84. The zero-order valence-corrected chi connectivity index (χ0v) is 17.1. The second-order valence-electron chi connectivity index (χ2n) is 7.50. The van der Waals surface area contributed by atoms with Gasteiger partial charge >= 0.3 is 0 Å². The quantitative estimate of drug-likeness (QED) is 0.511. The second-order valence-corrected chi connectivity index (χ2v) is 7.91. The van der Waals surface area contributed by atoms with Crippen LogP contribution >= 0.6 is 11.6 Å². The molecule has 2 heterocycles. The Morgan fingerprint density at radius 1 is 1.13 bits per heavy atom. The SMILES string of the molecule is C[C@@H](CC(=O)Cc1cc2c(cn1)C(c1ccc(F)cc1)=NC2)c1ccc(F)c(Cl)c1. The fourth-order valence-electron chi connectivity index (χ4n) is 3.64. The van der Waals surface area contributed by atoms with E-state index in [1.54, 1.807) is 30.5 Å². The first-order chi connectivity index (χ1) is 14.4. The Morgan fingerprint density at radius 3 is 2.63 bits per heavy atom. The molecule has 0 fully saturated rings. The number of ketones is 1. The van der Waals surface area contributed by atoms with Crippen LogP contribution < -0.4 is 0 Å². The van der Waals surface area contributed by atoms with E-state index in [0.29, 0.717) is 18.7 Å². The van der Waals surface area contributed by atoms with Gasteiger partial charge in [0, 0.05) is 35.9 Å². The van der Waals surface area contributed by atoms with E-state index in [4.69, 9.17) is 11.6 Å². The van der Waals surface area contributed by atoms with Crippen molar-refractivity contribution < 1.29 is 13.6 Å². The molecule has 0 bridgehead atoms. The third-order valence-electron chi connectivity index (χ3n) is 5.25. The molecule has 6 heteroatoms. The lowest BCUT2D eigenvalue weighted by molar-refractivity contribution is -0.118. The summed E-state index contributed by atoms with van der Waals surface area (Å²) in [6, 6.07) is 12.7. The Hall–Kier alpha value is -2.92. The topological polar surface area (TPSA) is 42.3 Å². The second kappa shape index (κ2) is 8.44. The smallest absolute Gasteiger partial charge is 0.141 e. The maximum atomic E-state index is 13.3. The molecule has 0 saturated heterocycles. The zero-order chi connectivity index (χ0) is 21.3. The predicted octanol–water partition coefficient (Wildman–Crippen LogP) is 5.67. The van der Waals surface area contributed by atoms with E-state index < -0.39 is 5.82 Å². The number of nitrogens with zero attached hydrogens (tertiary/aromatic N) is 2. The number of carbonyl (C=O) groups excluding carboxylic acids is 1. The molecule has 2 aromatic carbocycles. The Morgan fingerprint density at radius 2 is 1.90 bits per heavy atom. The molecule has 0 N–H and O–H groups in total. The van der Waals surface area contributed by atoms with Gasteiger partial charge in [-0.15, -0.1) is 0 Å². The number of Topliss-reactive ketones (excluding diaryl/α,β-unsaturated/α-hetero) is 1. The zero-order valence-electron chi connectivity index (χ0n) is 16.3. The molecule has 1 atom stereocenters. The fourth-order valence-corrected chi connectivity index (χ4v) is 3.83. The van der Waals surface area contributed by atoms with Crippen molar-refractivity contribution in [2.24, 2.45) is 4.99 Å². The van der Waals surface area contributed by atoms with Crippen LogP contribution in [0.5, 0.6) is 0 Å². The van der Waals surface area contributed by atoms with E-state index in [9.17, 15) is 13.6 Å². The molecule has 0 saturated carbocycles. The molecule has 3 aromatic rings. The van der Waals surface area contributed by atoms with Crippen molar-refractivity contribution in [3.63, 3.8) is 0 Å². The van der Waals surface area contributed by atoms with Gasteiger partial charge in [0.1, 0.15) is 17.4 Å². The number of aliphatic imine (C=N–C) groups is 1. The van der Waals surface area contributed by atoms with Crippen molar-refractivity contribution >= 4 is 23.1 Å². The van der Waals surface area contributed by atoms with Gasteiger partial charge in [0.05, 0.1) is 17.3 Å². The molecule has 152 valence electrons. The van der Waals surface area contributed by atoms with Crippen LogP contribution in [0.1, 0.15) is 47.2 Å². The van der Waals surface area contributed by atoms with Gasteiger partial charge in [0.15, 0.2) is 0 Å². The third-order valence-corrected chi connectivity index (χ3v) is 5.54. The summed E-state index contributed by atoms with van der Waals surface area (Å²) in [4.78, 5) is 21.6. The average Bonchev–Trinajstić information content (AvgIpc) is 3.13. The normalized spacial score (nSPS) is 13.7. The van der Waals surface area contributed by atoms with Crippen LogP contribution in [-0.4, -0.2) is 16.5 Å². The standard InChI is InChI=1S/C24H19ClF2N2O/c1-14(16-4-7-23(27)22(25)10-16)8-20(30)11-19-9-17-12-29-24(21(17)13-28-19)15-2-5-18(26)6-3-15/h2-7,9-10,13-14H,8,11-12H2,1H3/t14-/m0/s1. The molecule has 3 nitrogen and oxygen atoms in total. The summed E-state index contributed by atoms with van der Waals surface area (Å²) < 4.78 is 26.5. The first kappa shape index (κ1) is 20.4. The Kier molecular flexibility index (Phi) is 5.73. The van der Waals surface area contributed by atoms with Crippen LogP contribution in [0, 0.1) is 11.6 Å². The van der Waals surface area contributed by atoms with E-state index in [1.165, 1.54) is 18.2 Å². The van der Waals surface area contributed by atoms with Gasteiger partial charge in [-0.2, -0.15) is 0 Å². The van der Waals surface area contributed by atoms with E-state index in [-0.39, 0.29) is 29.0 Å². The van der Waals surface area contributed by atoms with Crippen molar-refractivity contribution in [1.29, 1.82) is 0 Å². The summed E-state index contributed by atoms with van der Waals surface area (Å²) in [5.74, 6) is -0.781. The maximum Gasteiger partial charge on any atom is 0.141 e. The average molecular weight is 425 g/mol. The highest BCUT2D eigenvalue weighted by Crippen LogP contribution is 2.26. The van der Waals surface area contributed by atoms with Crippen LogP contribution in [0.3, 0.4) is 0 Å². The highest BCUT2D eigenvalue weighted by molar-refractivity contribution is 6.30. The number of hydrogen-bond acceptors (Lipinski definition) is 3. The molecule has 30 heavy (non-hydrogen) atoms. The minimum absolute atomic E-state index is 0.0491. The number of halogens is 3. The third kappa shape index (κ3) is 4.31.